The minimum atomic E-state index is -1.72. The summed E-state index contributed by atoms with van der Waals surface area (Å²) < 4.78 is 10.7. The first-order chi connectivity index (χ1) is 19.8. The van der Waals surface area contributed by atoms with E-state index in [2.05, 4.69) is 59.9 Å². The second-order valence-electron chi connectivity index (χ2n) is 10.3. The number of fused-ring (bicyclic) bond motifs is 1. The third kappa shape index (κ3) is 11.3. The van der Waals surface area contributed by atoms with E-state index < -0.39 is 36.7 Å². The molecule has 0 saturated carbocycles. The third-order valence-corrected chi connectivity index (χ3v) is 6.95. The second kappa shape index (κ2) is 17.1. The van der Waals surface area contributed by atoms with Crippen LogP contribution in [0.4, 0.5) is 0 Å². The summed E-state index contributed by atoms with van der Waals surface area (Å²) >= 11 is 0. The maximum atomic E-state index is 12.9. The van der Waals surface area contributed by atoms with Gasteiger partial charge in [0.2, 0.25) is 0 Å². The minimum absolute atomic E-state index is 0.165. The number of carbonyl (C=O) groups is 3. The largest absolute Gasteiger partial charge is 0.480 e. The average Bonchev–Trinajstić information content (AvgIpc) is 2.96. The van der Waals surface area contributed by atoms with Crippen molar-refractivity contribution in [1.29, 1.82) is 0 Å². The van der Waals surface area contributed by atoms with Crippen molar-refractivity contribution in [1.82, 2.24) is 5.32 Å². The maximum Gasteiger partial charge on any atom is 0.336 e. The Labute approximate surface area is 241 Å². The molecular formula is C33H41NO7. The van der Waals surface area contributed by atoms with Gasteiger partial charge in [0.1, 0.15) is 6.61 Å². The fourth-order valence-electron chi connectivity index (χ4n) is 4.66. The Morgan fingerprint density at radius 3 is 2.10 bits per heavy atom. The Morgan fingerprint density at radius 2 is 1.39 bits per heavy atom. The first-order valence-electron chi connectivity index (χ1n) is 14.3. The normalized spacial score (nSPS) is 12.6. The molecule has 3 rings (SSSR count). The van der Waals surface area contributed by atoms with Gasteiger partial charge in [0, 0.05) is 13.2 Å². The van der Waals surface area contributed by atoms with Crippen LogP contribution in [0.3, 0.4) is 0 Å². The van der Waals surface area contributed by atoms with E-state index in [1.54, 1.807) is 0 Å². The monoisotopic (exact) mass is 563 g/mol. The number of benzene rings is 3. The predicted molar refractivity (Wildman–Crippen MR) is 158 cm³/mol. The van der Waals surface area contributed by atoms with Gasteiger partial charge in [-0.05, 0) is 67.3 Å². The van der Waals surface area contributed by atoms with Crippen LogP contribution in [0.25, 0.3) is 10.8 Å². The lowest BCUT2D eigenvalue weighted by molar-refractivity contribution is -0.172. The van der Waals surface area contributed by atoms with Crippen molar-refractivity contribution in [2.75, 3.05) is 19.8 Å². The van der Waals surface area contributed by atoms with Crippen molar-refractivity contribution in [3.05, 3.63) is 83.4 Å². The van der Waals surface area contributed by atoms with Gasteiger partial charge >= 0.3 is 11.9 Å². The molecular weight excluding hydrogens is 522 g/mol. The van der Waals surface area contributed by atoms with Gasteiger partial charge in [-0.15, -0.1) is 0 Å². The van der Waals surface area contributed by atoms with Crippen LogP contribution >= 0.6 is 0 Å². The number of aliphatic carboxylic acids is 2. The fourth-order valence-corrected chi connectivity index (χ4v) is 4.66. The summed E-state index contributed by atoms with van der Waals surface area (Å²) in [4.78, 5) is 35.7. The molecule has 41 heavy (non-hydrogen) atoms. The first-order valence-corrected chi connectivity index (χ1v) is 14.3. The molecule has 0 bridgehead atoms. The summed E-state index contributed by atoms with van der Waals surface area (Å²) in [6.07, 6.45) is 3.66. The molecule has 0 heterocycles. The van der Waals surface area contributed by atoms with E-state index in [0.717, 1.165) is 44.9 Å². The van der Waals surface area contributed by atoms with Crippen molar-refractivity contribution in [2.24, 2.45) is 0 Å². The molecule has 0 aliphatic heterocycles. The highest BCUT2D eigenvalue weighted by atomic mass is 16.6. The number of carboxylic acids is 2. The van der Waals surface area contributed by atoms with E-state index in [9.17, 15) is 19.5 Å². The van der Waals surface area contributed by atoms with Gasteiger partial charge in [-0.1, -0.05) is 85.1 Å². The number of aryl methyl sites for hydroxylation is 3. The lowest BCUT2D eigenvalue weighted by Gasteiger charge is -2.23. The molecule has 1 amide bonds. The number of carboxylic acid groups (broad SMARTS) is 2. The minimum Gasteiger partial charge on any atom is -0.480 e. The van der Waals surface area contributed by atoms with Gasteiger partial charge in [0.05, 0.1) is 0 Å². The van der Waals surface area contributed by atoms with Crippen LogP contribution in [0.2, 0.25) is 0 Å². The van der Waals surface area contributed by atoms with Crippen LogP contribution in [0.15, 0.2) is 66.7 Å². The zero-order valence-electron chi connectivity index (χ0n) is 23.7. The van der Waals surface area contributed by atoms with Gasteiger partial charge < -0.3 is 25.0 Å². The standard InChI is InChI=1S/C33H41NO7/c1-24-14-16-25(17-15-24)10-5-3-9-21-40-30(31(33(38)39)41-23-29(35)36)32(37)34-20-8-2-4-11-26-18-19-27-12-6-7-13-28(27)22-26/h6-7,12-19,22,30-31H,2-5,8-11,20-21,23H2,1H3,(H,34,37)(H,35,36)(H,38,39). The Balaban J connectivity index is 1.42. The zero-order chi connectivity index (χ0) is 29.5. The molecule has 2 unspecified atom stereocenters. The Kier molecular flexibility index (Phi) is 13.3. The average molecular weight is 564 g/mol. The highest BCUT2D eigenvalue weighted by molar-refractivity contribution is 5.88. The molecule has 0 aliphatic carbocycles. The molecule has 0 spiro atoms. The first kappa shape index (κ1) is 31.8. The molecule has 0 saturated heterocycles. The van der Waals surface area contributed by atoms with E-state index in [1.165, 1.54) is 27.5 Å². The number of rotatable bonds is 19. The summed E-state index contributed by atoms with van der Waals surface area (Å²) in [6.45, 7) is 1.73. The predicted octanol–water partition coefficient (Wildman–Crippen LogP) is 5.33. The van der Waals surface area contributed by atoms with Crippen LogP contribution in [-0.2, 0) is 36.7 Å². The zero-order valence-corrected chi connectivity index (χ0v) is 23.7. The SMILES string of the molecule is Cc1ccc(CCCCCOC(C(=O)NCCCCCc2ccc3ccccc3c2)C(OCC(=O)O)C(=O)O)cc1. The summed E-state index contributed by atoms with van der Waals surface area (Å²) in [7, 11) is 0. The Morgan fingerprint density at radius 1 is 0.732 bits per heavy atom. The molecule has 8 heteroatoms. The highest BCUT2D eigenvalue weighted by Gasteiger charge is 2.36. The second-order valence-corrected chi connectivity index (χ2v) is 10.3. The number of nitrogens with one attached hydrogen (secondary N) is 1. The van der Waals surface area contributed by atoms with Crippen LogP contribution < -0.4 is 5.32 Å². The molecule has 3 aromatic carbocycles. The van der Waals surface area contributed by atoms with Gasteiger partial charge in [-0.2, -0.15) is 0 Å². The Bertz CT molecular complexity index is 1260. The number of unbranched alkanes of at least 4 members (excludes halogenated alkanes) is 4. The molecule has 3 N–H and O–H groups in total. The van der Waals surface area contributed by atoms with Gasteiger partial charge in [-0.3, -0.25) is 4.79 Å². The fraction of sp³-hybridized carbons (Fsp3) is 0.424. The maximum absolute atomic E-state index is 12.9. The molecule has 0 aliphatic rings. The van der Waals surface area contributed by atoms with Crippen molar-refractivity contribution in [2.45, 2.75) is 70.5 Å². The number of hydrogen-bond acceptors (Lipinski definition) is 5. The van der Waals surface area contributed by atoms with Crippen LogP contribution in [-0.4, -0.2) is 60.0 Å². The number of amides is 1. The molecule has 8 nitrogen and oxygen atoms in total. The van der Waals surface area contributed by atoms with Gasteiger partial charge in [0.15, 0.2) is 12.2 Å². The van der Waals surface area contributed by atoms with Gasteiger partial charge in [0.25, 0.3) is 5.91 Å². The van der Waals surface area contributed by atoms with Crippen molar-refractivity contribution in [3.63, 3.8) is 0 Å². The third-order valence-electron chi connectivity index (χ3n) is 6.95. The topological polar surface area (TPSA) is 122 Å². The molecule has 2 atom stereocenters. The molecule has 220 valence electrons. The quantitative estimate of drug-likeness (QED) is 0.169. The highest BCUT2D eigenvalue weighted by Crippen LogP contribution is 2.17. The number of carbonyl (C=O) groups excluding carboxylic acids is 1. The summed E-state index contributed by atoms with van der Waals surface area (Å²) in [6, 6.07) is 23.1. The summed E-state index contributed by atoms with van der Waals surface area (Å²) in [5.41, 5.74) is 3.73. The lowest BCUT2D eigenvalue weighted by Crippen LogP contribution is -2.49. The van der Waals surface area contributed by atoms with E-state index >= 15 is 0 Å². The molecule has 3 aromatic rings. The van der Waals surface area contributed by atoms with Crippen LogP contribution in [0.1, 0.15) is 55.2 Å². The molecule has 0 fully saturated rings. The van der Waals surface area contributed by atoms with Crippen molar-refractivity contribution >= 4 is 28.6 Å². The van der Waals surface area contributed by atoms with Crippen molar-refractivity contribution in [3.8, 4) is 0 Å². The van der Waals surface area contributed by atoms with Gasteiger partial charge in [-0.25, -0.2) is 9.59 Å². The van der Waals surface area contributed by atoms with E-state index in [1.807, 2.05) is 19.1 Å². The van der Waals surface area contributed by atoms with E-state index in [0.29, 0.717) is 13.0 Å². The Hall–Kier alpha value is -3.75. The smallest absolute Gasteiger partial charge is 0.336 e. The summed E-state index contributed by atoms with van der Waals surface area (Å²) in [5.74, 6) is -3.38. The molecule has 0 aromatic heterocycles. The number of hydrogen-bond donors (Lipinski definition) is 3. The summed E-state index contributed by atoms with van der Waals surface area (Å²) in [5, 5.41) is 23.8. The molecule has 0 radical (unpaired) electrons. The van der Waals surface area contributed by atoms with Crippen LogP contribution in [0, 0.1) is 6.92 Å². The van der Waals surface area contributed by atoms with E-state index in [4.69, 9.17) is 14.6 Å². The van der Waals surface area contributed by atoms with E-state index in [-0.39, 0.29) is 6.61 Å². The van der Waals surface area contributed by atoms with Crippen LogP contribution in [0.5, 0.6) is 0 Å². The lowest BCUT2D eigenvalue weighted by atomic mass is 10.0. The number of ether oxygens (including phenoxy) is 2. The van der Waals surface area contributed by atoms with Crippen molar-refractivity contribution < 1.29 is 34.1 Å².